The molecule has 0 N–H and O–H groups in total. The Balaban J connectivity index is 1.10. The molecular formula is C52H37N5. The Morgan fingerprint density at radius 1 is 0.456 bits per heavy atom. The lowest BCUT2D eigenvalue weighted by molar-refractivity contribution is 1.04. The molecule has 0 aliphatic heterocycles. The first-order valence-electron chi connectivity index (χ1n) is 19.2. The van der Waals surface area contributed by atoms with Crippen LogP contribution < -0.4 is 0 Å². The molecule has 57 heavy (non-hydrogen) atoms. The predicted molar refractivity (Wildman–Crippen MR) is 237 cm³/mol. The number of hydrogen-bond acceptors (Lipinski definition) is 3. The summed E-state index contributed by atoms with van der Waals surface area (Å²) in [6, 6.07) is 63.2. The van der Waals surface area contributed by atoms with Gasteiger partial charge in [-0.15, -0.1) is 0 Å². The van der Waals surface area contributed by atoms with Gasteiger partial charge in [-0.3, -0.25) is 0 Å². The van der Waals surface area contributed by atoms with Crippen molar-refractivity contribution in [1.82, 2.24) is 24.1 Å². The molecule has 10 aromatic rings. The highest BCUT2D eigenvalue weighted by Crippen LogP contribution is 2.37. The molecule has 5 nitrogen and oxygen atoms in total. The second-order valence-electron chi connectivity index (χ2n) is 14.2. The molecule has 3 heterocycles. The van der Waals surface area contributed by atoms with Gasteiger partial charge in [0.15, 0.2) is 17.5 Å². The Labute approximate surface area is 331 Å². The second-order valence-corrected chi connectivity index (χ2v) is 14.2. The zero-order valence-corrected chi connectivity index (χ0v) is 31.4. The molecule has 0 fully saturated rings. The first kappa shape index (κ1) is 33.9. The monoisotopic (exact) mass is 731 g/mol. The fourth-order valence-corrected chi connectivity index (χ4v) is 8.05. The molecular weight excluding hydrogens is 695 g/mol. The lowest BCUT2D eigenvalue weighted by Gasteiger charge is -2.12. The second kappa shape index (κ2) is 14.2. The summed E-state index contributed by atoms with van der Waals surface area (Å²) in [6.45, 7) is 6.50. The average Bonchev–Trinajstić information content (AvgIpc) is 3.76. The molecule has 0 aliphatic rings. The summed E-state index contributed by atoms with van der Waals surface area (Å²) >= 11 is 0. The maximum absolute atomic E-state index is 5.01. The first-order valence-corrected chi connectivity index (χ1v) is 19.2. The number of para-hydroxylation sites is 3. The minimum atomic E-state index is 0.622. The molecule has 0 atom stereocenters. The number of fused-ring (bicyclic) bond motifs is 4. The quantitative estimate of drug-likeness (QED) is 0.146. The van der Waals surface area contributed by atoms with Crippen LogP contribution in [0.2, 0.25) is 0 Å². The van der Waals surface area contributed by atoms with Crippen molar-refractivity contribution in [3.8, 4) is 45.5 Å². The van der Waals surface area contributed by atoms with Crippen LogP contribution in [-0.2, 0) is 0 Å². The molecule has 0 saturated heterocycles. The van der Waals surface area contributed by atoms with Crippen molar-refractivity contribution >= 4 is 44.4 Å². The Morgan fingerprint density at radius 2 is 0.965 bits per heavy atom. The smallest absolute Gasteiger partial charge is 0.164 e. The van der Waals surface area contributed by atoms with Gasteiger partial charge in [-0.25, -0.2) is 15.0 Å². The van der Waals surface area contributed by atoms with E-state index in [1.165, 1.54) is 27.2 Å². The highest BCUT2D eigenvalue weighted by atomic mass is 15.0. The van der Waals surface area contributed by atoms with Crippen LogP contribution in [0.3, 0.4) is 0 Å². The third-order valence-electron chi connectivity index (χ3n) is 10.8. The van der Waals surface area contributed by atoms with Crippen molar-refractivity contribution < 1.29 is 0 Å². The fourth-order valence-electron chi connectivity index (χ4n) is 8.05. The predicted octanol–water partition coefficient (Wildman–Crippen LogP) is 12.9. The van der Waals surface area contributed by atoms with Crippen LogP contribution >= 0.6 is 0 Å². The van der Waals surface area contributed by atoms with E-state index in [-0.39, 0.29) is 0 Å². The summed E-state index contributed by atoms with van der Waals surface area (Å²) in [5.74, 6) is 1.90. The van der Waals surface area contributed by atoms with Crippen LogP contribution in [0.1, 0.15) is 16.8 Å². The van der Waals surface area contributed by atoms with Gasteiger partial charge in [0.05, 0.1) is 16.6 Å². The summed E-state index contributed by atoms with van der Waals surface area (Å²) in [6.07, 6.45) is 4.26. The summed E-state index contributed by atoms with van der Waals surface area (Å²) in [4.78, 5) is 14.9. The van der Waals surface area contributed by atoms with Gasteiger partial charge >= 0.3 is 0 Å². The molecule has 0 saturated carbocycles. The van der Waals surface area contributed by atoms with E-state index in [9.17, 15) is 0 Å². The van der Waals surface area contributed by atoms with E-state index < -0.39 is 0 Å². The highest BCUT2D eigenvalue weighted by Gasteiger charge is 2.18. The van der Waals surface area contributed by atoms with Gasteiger partial charge in [0.2, 0.25) is 0 Å². The van der Waals surface area contributed by atoms with Crippen molar-refractivity contribution in [2.24, 2.45) is 0 Å². The van der Waals surface area contributed by atoms with Crippen LogP contribution in [0.15, 0.2) is 195 Å². The number of nitrogens with zero attached hydrogens (tertiary/aromatic N) is 5. The third kappa shape index (κ3) is 6.03. The van der Waals surface area contributed by atoms with E-state index in [0.29, 0.717) is 17.5 Å². The lowest BCUT2D eigenvalue weighted by atomic mass is 9.99. The van der Waals surface area contributed by atoms with Crippen molar-refractivity contribution in [3.05, 3.63) is 211 Å². The Morgan fingerprint density at radius 3 is 1.61 bits per heavy atom. The SMILES string of the molecule is C=C/C(=C\c1c(C)n(-c2cccc(-c3nc(-c4ccccc4)nc(-c4ccccc4)n3)c2)c2ccccc12)c1ccc2c(c1)c1ccccc1n2-c1ccccc1. The maximum atomic E-state index is 5.01. The summed E-state index contributed by atoms with van der Waals surface area (Å²) < 4.78 is 4.68. The molecule has 0 aliphatic carbocycles. The highest BCUT2D eigenvalue weighted by molar-refractivity contribution is 6.11. The molecule has 0 amide bonds. The van der Waals surface area contributed by atoms with Gasteiger partial charge in [0.25, 0.3) is 0 Å². The largest absolute Gasteiger partial charge is 0.313 e. The molecule has 0 bridgehead atoms. The maximum Gasteiger partial charge on any atom is 0.164 e. The Kier molecular flexibility index (Phi) is 8.46. The Bertz CT molecular complexity index is 3080. The summed E-state index contributed by atoms with van der Waals surface area (Å²) in [5.41, 5.74) is 12.9. The van der Waals surface area contributed by atoms with Crippen molar-refractivity contribution in [2.75, 3.05) is 0 Å². The van der Waals surface area contributed by atoms with Crippen LogP contribution in [0.4, 0.5) is 0 Å². The van der Waals surface area contributed by atoms with Gasteiger partial charge in [-0.1, -0.05) is 146 Å². The molecule has 0 unspecified atom stereocenters. The summed E-state index contributed by atoms with van der Waals surface area (Å²) in [5, 5.41) is 3.60. The van der Waals surface area contributed by atoms with E-state index in [4.69, 9.17) is 15.0 Å². The number of allylic oxidation sites excluding steroid dienone is 2. The van der Waals surface area contributed by atoms with Gasteiger partial charge in [-0.2, -0.15) is 0 Å². The zero-order valence-electron chi connectivity index (χ0n) is 31.4. The number of rotatable bonds is 8. The van der Waals surface area contributed by atoms with Crippen molar-refractivity contribution in [2.45, 2.75) is 6.92 Å². The Hall–Kier alpha value is -7.63. The van der Waals surface area contributed by atoms with E-state index in [1.807, 2.05) is 66.7 Å². The minimum Gasteiger partial charge on any atom is -0.313 e. The van der Waals surface area contributed by atoms with Gasteiger partial charge in [0.1, 0.15) is 0 Å². The number of aromatic nitrogens is 5. The zero-order chi connectivity index (χ0) is 38.3. The average molecular weight is 732 g/mol. The van der Waals surface area contributed by atoms with E-state index in [1.54, 1.807) is 0 Å². The van der Waals surface area contributed by atoms with Gasteiger partial charge < -0.3 is 9.13 Å². The van der Waals surface area contributed by atoms with E-state index in [2.05, 4.69) is 150 Å². The standard InChI is InChI=1S/C52H37N5/c1-3-36(39-30-31-49-46(34-39)44-27-14-16-29-48(44)57(49)41-23-11-6-12-24-41)33-45-35(2)56(47-28-15-13-26-43(45)47)42-25-17-22-40(32-42)52-54-50(37-18-7-4-8-19-37)53-51(55-52)38-20-9-5-10-21-38/h3-34H,1H2,2H3/b36-33+. The van der Waals surface area contributed by atoms with E-state index in [0.717, 1.165) is 56.0 Å². The molecule has 3 aromatic heterocycles. The van der Waals surface area contributed by atoms with Crippen molar-refractivity contribution in [3.63, 3.8) is 0 Å². The van der Waals surface area contributed by atoms with Crippen LogP contribution in [-0.4, -0.2) is 24.1 Å². The van der Waals surface area contributed by atoms with E-state index >= 15 is 0 Å². The number of benzene rings is 7. The molecule has 270 valence electrons. The fraction of sp³-hybridized carbons (Fsp3) is 0.0192. The van der Waals surface area contributed by atoms with Crippen LogP contribution in [0.25, 0.3) is 89.9 Å². The molecule has 0 spiro atoms. The topological polar surface area (TPSA) is 48.5 Å². The first-order chi connectivity index (χ1) is 28.1. The van der Waals surface area contributed by atoms with Gasteiger partial charge in [0, 0.05) is 55.5 Å². The number of hydrogen-bond donors (Lipinski definition) is 0. The molecule has 7 aromatic carbocycles. The van der Waals surface area contributed by atoms with Gasteiger partial charge in [-0.05, 0) is 72.7 Å². The van der Waals surface area contributed by atoms with Crippen molar-refractivity contribution in [1.29, 1.82) is 0 Å². The normalized spacial score (nSPS) is 11.8. The molecule has 10 rings (SSSR count). The summed E-state index contributed by atoms with van der Waals surface area (Å²) in [7, 11) is 0. The lowest BCUT2D eigenvalue weighted by Crippen LogP contribution is -2.01. The molecule has 0 radical (unpaired) electrons. The molecule has 5 heteroatoms. The van der Waals surface area contributed by atoms with Crippen LogP contribution in [0.5, 0.6) is 0 Å². The van der Waals surface area contributed by atoms with Crippen LogP contribution in [0, 0.1) is 6.92 Å². The third-order valence-corrected chi connectivity index (χ3v) is 10.8. The minimum absolute atomic E-state index is 0.622.